The molecule has 5 aliphatic rings. The first-order valence-corrected chi connectivity index (χ1v) is 18.6. The molecule has 5 heterocycles. The summed E-state index contributed by atoms with van der Waals surface area (Å²) >= 11 is 0. The molecule has 8 rings (SSSR count). The van der Waals surface area contributed by atoms with Gasteiger partial charge in [-0.25, -0.2) is 13.0 Å². The van der Waals surface area contributed by atoms with E-state index in [0.717, 1.165) is 117 Å². The monoisotopic (exact) mass is 644 g/mol. The van der Waals surface area contributed by atoms with Crippen LogP contribution in [0.1, 0.15) is 59.1 Å². The van der Waals surface area contributed by atoms with Crippen LogP contribution in [-0.2, 0) is 45.8 Å². The lowest BCUT2D eigenvalue weighted by Gasteiger charge is -2.39. The summed E-state index contributed by atoms with van der Waals surface area (Å²) in [5, 5.41) is 2.01. The maximum absolute atomic E-state index is 13.1. The van der Waals surface area contributed by atoms with Crippen molar-refractivity contribution in [3.63, 3.8) is 0 Å². The van der Waals surface area contributed by atoms with Gasteiger partial charge in [-0.15, -0.1) is 6.42 Å². The van der Waals surface area contributed by atoms with Crippen molar-refractivity contribution in [1.29, 1.82) is 0 Å². The fourth-order valence-corrected chi connectivity index (χ4v) is 9.87. The van der Waals surface area contributed by atoms with Crippen molar-refractivity contribution in [3.8, 4) is 23.8 Å². The lowest BCUT2D eigenvalue weighted by molar-refractivity contribution is 0.431. The highest BCUT2D eigenvalue weighted by molar-refractivity contribution is 7.89. The molecule has 5 aliphatic heterocycles. The van der Waals surface area contributed by atoms with Crippen LogP contribution in [-0.4, -0.2) is 54.1 Å². The van der Waals surface area contributed by atoms with Crippen molar-refractivity contribution in [2.45, 2.75) is 61.2 Å². The fourth-order valence-electron chi connectivity index (χ4n) is 8.11. The first-order valence-electron chi connectivity index (χ1n) is 15.6. The molecule has 0 bridgehead atoms. The maximum atomic E-state index is 13.1. The zero-order valence-corrected chi connectivity index (χ0v) is 26.5. The van der Waals surface area contributed by atoms with Crippen molar-refractivity contribution in [2.24, 2.45) is 0 Å². The first kappa shape index (κ1) is 28.8. The molecule has 9 nitrogen and oxygen atoms in total. The molecular weight excluding hydrogens is 611 g/mol. The number of benzene rings is 3. The highest BCUT2D eigenvalue weighted by Crippen LogP contribution is 2.49. The topological polar surface area (TPSA) is 116 Å². The third-order valence-electron chi connectivity index (χ3n) is 9.86. The van der Waals surface area contributed by atoms with Crippen LogP contribution < -0.4 is 29.5 Å². The van der Waals surface area contributed by atoms with Crippen LogP contribution in [0.15, 0.2) is 40.1 Å². The smallest absolute Gasteiger partial charge is 0.295 e. The van der Waals surface area contributed by atoms with E-state index in [1.165, 1.54) is 34.3 Å². The van der Waals surface area contributed by atoms with Crippen molar-refractivity contribution in [2.75, 3.05) is 37.6 Å². The van der Waals surface area contributed by atoms with E-state index in [-0.39, 0.29) is 17.0 Å². The van der Waals surface area contributed by atoms with Crippen LogP contribution in [0.4, 0.5) is 5.69 Å². The van der Waals surface area contributed by atoms with E-state index in [9.17, 15) is 21.4 Å². The minimum Gasteiger partial charge on any atom is -0.455 e. The minimum atomic E-state index is -4.86. The molecule has 11 heteroatoms. The number of sulfonamides is 1. The van der Waals surface area contributed by atoms with E-state index in [4.69, 9.17) is 11.2 Å². The van der Waals surface area contributed by atoms with Crippen LogP contribution in [0, 0.1) is 12.3 Å². The molecule has 0 spiro atoms. The zero-order chi connectivity index (χ0) is 31.1. The molecule has 0 saturated carbocycles. The Morgan fingerprint density at radius 1 is 0.889 bits per heavy atom. The highest BCUT2D eigenvalue weighted by atomic mass is 32.2. The molecule has 45 heavy (non-hydrogen) atoms. The molecule has 3 aromatic carbocycles. The SMILES string of the molecule is C#CCNS(=O)(=O)c1ccc(C2=c3cc4c5c(c3Oc3c2cc2c6c3CCCN6CCC2)CCC[N+]=5CCC4)c(S(=O)(=O)O)c1. The van der Waals surface area contributed by atoms with E-state index >= 15 is 0 Å². The number of anilines is 1. The second-order valence-electron chi connectivity index (χ2n) is 12.5. The summed E-state index contributed by atoms with van der Waals surface area (Å²) < 4.78 is 74.5. The minimum absolute atomic E-state index is 0.241. The van der Waals surface area contributed by atoms with Gasteiger partial charge in [-0.3, -0.25) is 4.55 Å². The van der Waals surface area contributed by atoms with Crippen LogP contribution in [0.3, 0.4) is 0 Å². The Kier molecular flexibility index (Phi) is 6.66. The van der Waals surface area contributed by atoms with Gasteiger partial charge in [0.1, 0.15) is 29.5 Å². The summed E-state index contributed by atoms with van der Waals surface area (Å²) in [5.74, 6) is 3.70. The standard InChI is InChI=1S/C34H33N3O6S2/c1-2-13-35-44(38,39)23-11-12-24(29(20-23)45(40,41)42)30-27-18-21-7-3-14-36-16-5-9-25(31(21)36)33(27)43-34-26-10-6-17-37-15-4-8-22(32(26)37)19-28(30)34/h1,11-12,18-20,35H,3-10,13-17H2/p+1. The number of rotatable bonds is 5. The average Bonchev–Trinajstić information content (AvgIpc) is 3.03. The largest absolute Gasteiger partial charge is 0.455 e. The highest BCUT2D eigenvalue weighted by Gasteiger charge is 2.37. The van der Waals surface area contributed by atoms with Crippen LogP contribution in [0.5, 0.6) is 11.5 Å². The lowest BCUT2D eigenvalue weighted by atomic mass is 9.82. The molecule has 0 fully saturated rings. The molecule has 0 unspecified atom stereocenters. The van der Waals surface area contributed by atoms with Crippen LogP contribution >= 0.6 is 0 Å². The van der Waals surface area contributed by atoms with E-state index in [1.807, 2.05) is 0 Å². The van der Waals surface area contributed by atoms with Gasteiger partial charge >= 0.3 is 0 Å². The third-order valence-corrected chi connectivity index (χ3v) is 12.2. The van der Waals surface area contributed by atoms with Gasteiger partial charge < -0.3 is 9.64 Å². The van der Waals surface area contributed by atoms with Gasteiger partial charge in [0, 0.05) is 64.7 Å². The summed E-state index contributed by atoms with van der Waals surface area (Å²) in [6.07, 6.45) is 12.8. The van der Waals surface area contributed by atoms with E-state index in [2.05, 4.69) is 32.3 Å². The van der Waals surface area contributed by atoms with Gasteiger partial charge in [0.2, 0.25) is 15.4 Å². The maximum Gasteiger partial charge on any atom is 0.295 e. The number of fused-ring (bicyclic) bond motifs is 4. The second-order valence-corrected chi connectivity index (χ2v) is 15.7. The fraction of sp³-hybridized carbons (Fsp3) is 0.382. The molecule has 0 atom stereocenters. The Morgan fingerprint density at radius 3 is 2.40 bits per heavy atom. The van der Waals surface area contributed by atoms with Gasteiger partial charge in [-0.05, 0) is 68.4 Å². The molecule has 0 aliphatic carbocycles. The molecule has 232 valence electrons. The molecule has 0 radical (unpaired) electrons. The number of nitrogens with zero attached hydrogens (tertiary/aromatic N) is 2. The lowest BCUT2D eigenvalue weighted by Crippen LogP contribution is -2.45. The van der Waals surface area contributed by atoms with Gasteiger partial charge in [0.15, 0.2) is 0 Å². The molecule has 0 saturated heterocycles. The third kappa shape index (κ3) is 4.53. The molecule has 0 amide bonds. The summed E-state index contributed by atoms with van der Waals surface area (Å²) in [6, 6.07) is 8.16. The van der Waals surface area contributed by atoms with E-state index in [0.29, 0.717) is 5.57 Å². The number of ether oxygens (including phenoxy) is 1. The van der Waals surface area contributed by atoms with Crippen LogP contribution in [0.25, 0.3) is 5.57 Å². The number of hydrogen-bond donors (Lipinski definition) is 2. The van der Waals surface area contributed by atoms with Crippen molar-refractivity contribution >= 4 is 31.4 Å². The Labute approximate surface area is 263 Å². The summed E-state index contributed by atoms with van der Waals surface area (Å²) in [5.41, 5.74) is 7.58. The van der Waals surface area contributed by atoms with Gasteiger partial charge in [-0.2, -0.15) is 13.1 Å². The molecule has 0 aromatic heterocycles. The number of hydrogen-bond acceptors (Lipinski definition) is 6. The Hall–Kier alpha value is -3.69. The van der Waals surface area contributed by atoms with Crippen molar-refractivity contribution in [1.82, 2.24) is 9.30 Å². The number of terminal acetylenes is 1. The van der Waals surface area contributed by atoms with E-state index in [1.54, 1.807) is 0 Å². The number of aryl methyl sites for hydroxylation is 2. The van der Waals surface area contributed by atoms with Crippen molar-refractivity contribution < 1.29 is 26.1 Å². The quantitative estimate of drug-likeness (QED) is 0.195. The number of nitrogens with one attached hydrogen (secondary N) is 1. The van der Waals surface area contributed by atoms with Gasteiger partial charge in [-0.1, -0.05) is 12.0 Å². The predicted octanol–water partition coefficient (Wildman–Crippen LogP) is 2.28. The van der Waals surface area contributed by atoms with Gasteiger partial charge in [0.25, 0.3) is 10.1 Å². The molecular formula is C34H34N3O6S2+. The molecule has 2 N–H and O–H groups in total. The predicted molar refractivity (Wildman–Crippen MR) is 171 cm³/mol. The van der Waals surface area contributed by atoms with E-state index < -0.39 is 25.0 Å². The normalized spacial score (nSPS) is 18.3. The summed E-state index contributed by atoms with van der Waals surface area (Å²) in [6.45, 7) is 3.73. The van der Waals surface area contributed by atoms with Gasteiger partial charge in [0.05, 0.1) is 17.0 Å². The Morgan fingerprint density at radius 2 is 1.62 bits per heavy atom. The average molecular weight is 645 g/mol. The van der Waals surface area contributed by atoms with Crippen LogP contribution in [0.2, 0.25) is 0 Å². The molecule has 3 aromatic rings. The Bertz CT molecular complexity index is 2210. The van der Waals surface area contributed by atoms with Crippen molar-refractivity contribution in [3.05, 3.63) is 74.3 Å². The Balaban J connectivity index is 1.50. The summed E-state index contributed by atoms with van der Waals surface area (Å²) in [4.78, 5) is 1.68. The summed E-state index contributed by atoms with van der Waals surface area (Å²) in [7, 11) is -8.99. The second kappa shape index (κ2) is 10.4. The zero-order valence-electron chi connectivity index (χ0n) is 24.9. The first-order chi connectivity index (χ1) is 21.7.